The van der Waals surface area contributed by atoms with Crippen LogP contribution in [0.25, 0.3) is 0 Å². The maximum Gasteiger partial charge on any atom is 0.264 e. The van der Waals surface area contributed by atoms with Gasteiger partial charge in [-0.05, 0) is 18.2 Å². The number of rotatable bonds is 3. The summed E-state index contributed by atoms with van der Waals surface area (Å²) in [4.78, 5) is 3.04. The van der Waals surface area contributed by atoms with E-state index in [1.807, 2.05) is 0 Å². The van der Waals surface area contributed by atoms with E-state index in [0.29, 0.717) is 6.07 Å². The van der Waals surface area contributed by atoms with Gasteiger partial charge in [-0.15, -0.1) is 0 Å². The molecule has 19 heavy (non-hydrogen) atoms. The van der Waals surface area contributed by atoms with Gasteiger partial charge in [-0.1, -0.05) is 5.46 Å². The summed E-state index contributed by atoms with van der Waals surface area (Å²) in [6.45, 7) is 0. The highest BCUT2D eigenvalue weighted by Crippen LogP contribution is 2.18. The van der Waals surface area contributed by atoms with E-state index in [4.69, 9.17) is 7.85 Å². The predicted molar refractivity (Wildman–Crippen MR) is 66.8 cm³/mol. The van der Waals surface area contributed by atoms with Crippen molar-refractivity contribution >= 4 is 29.0 Å². The summed E-state index contributed by atoms with van der Waals surface area (Å²) >= 11 is 0. The number of aromatic nitrogens is 1. The van der Waals surface area contributed by atoms with E-state index in [1.165, 1.54) is 18.5 Å². The van der Waals surface area contributed by atoms with Crippen molar-refractivity contribution in [1.82, 2.24) is 4.98 Å². The molecule has 2 radical (unpaired) electrons. The predicted octanol–water partition coefficient (Wildman–Crippen LogP) is 0.954. The van der Waals surface area contributed by atoms with Gasteiger partial charge in [0.05, 0.1) is 11.9 Å². The third kappa shape index (κ3) is 3.08. The highest BCUT2D eigenvalue weighted by atomic mass is 32.2. The van der Waals surface area contributed by atoms with Crippen LogP contribution in [0.5, 0.6) is 0 Å². The van der Waals surface area contributed by atoms with Gasteiger partial charge in [-0.2, -0.15) is 0 Å². The summed E-state index contributed by atoms with van der Waals surface area (Å²) in [6, 6.07) is 3.51. The minimum atomic E-state index is -4.16. The molecule has 0 fully saturated rings. The number of pyridine rings is 1. The van der Waals surface area contributed by atoms with Crippen molar-refractivity contribution in [3.05, 3.63) is 48.3 Å². The van der Waals surface area contributed by atoms with Crippen molar-refractivity contribution in [2.24, 2.45) is 0 Å². The summed E-state index contributed by atoms with van der Waals surface area (Å²) in [7, 11) is 1.28. The Balaban J connectivity index is 2.38. The highest BCUT2D eigenvalue weighted by molar-refractivity contribution is 7.92. The third-order valence-corrected chi connectivity index (χ3v) is 3.61. The molecule has 0 saturated heterocycles. The molecule has 0 atom stereocenters. The Morgan fingerprint density at radius 3 is 2.53 bits per heavy atom. The molecule has 1 aromatic heterocycles. The zero-order valence-electron chi connectivity index (χ0n) is 9.47. The lowest BCUT2D eigenvalue weighted by Crippen LogP contribution is -2.16. The second-order valence-electron chi connectivity index (χ2n) is 3.69. The van der Waals surface area contributed by atoms with Crippen molar-refractivity contribution in [1.29, 1.82) is 0 Å². The zero-order chi connectivity index (χ0) is 14.0. The third-order valence-electron chi connectivity index (χ3n) is 2.20. The van der Waals surface area contributed by atoms with Gasteiger partial charge in [0.15, 0.2) is 0 Å². The SMILES string of the molecule is [B]c1cncc(NS(=O)(=O)c2ccc(F)cc2F)c1. The second kappa shape index (κ2) is 4.97. The van der Waals surface area contributed by atoms with Gasteiger partial charge in [0, 0.05) is 12.3 Å². The van der Waals surface area contributed by atoms with Gasteiger partial charge in [0.2, 0.25) is 0 Å². The normalized spacial score (nSPS) is 11.3. The van der Waals surface area contributed by atoms with Gasteiger partial charge < -0.3 is 0 Å². The first-order valence-electron chi connectivity index (χ1n) is 5.07. The Morgan fingerprint density at radius 2 is 1.89 bits per heavy atom. The minimum absolute atomic E-state index is 0.0868. The van der Waals surface area contributed by atoms with Gasteiger partial charge >= 0.3 is 0 Å². The molecule has 8 heteroatoms. The van der Waals surface area contributed by atoms with Crippen LogP contribution in [0, 0.1) is 11.6 Å². The van der Waals surface area contributed by atoms with Crippen LogP contribution in [0.3, 0.4) is 0 Å². The maximum atomic E-state index is 13.4. The van der Waals surface area contributed by atoms with Crippen molar-refractivity contribution in [3.63, 3.8) is 0 Å². The Hall–Kier alpha value is -1.96. The van der Waals surface area contributed by atoms with E-state index in [0.717, 1.165) is 12.1 Å². The highest BCUT2D eigenvalue weighted by Gasteiger charge is 2.19. The summed E-state index contributed by atoms with van der Waals surface area (Å²) in [5.74, 6) is -2.04. The quantitative estimate of drug-likeness (QED) is 0.852. The van der Waals surface area contributed by atoms with Crippen LogP contribution >= 0.6 is 0 Å². The molecule has 1 N–H and O–H groups in total. The van der Waals surface area contributed by atoms with E-state index in [1.54, 1.807) is 0 Å². The summed E-state index contributed by atoms with van der Waals surface area (Å²) in [5, 5.41) is 0. The Morgan fingerprint density at radius 1 is 1.16 bits per heavy atom. The van der Waals surface area contributed by atoms with Crippen molar-refractivity contribution < 1.29 is 17.2 Å². The molecule has 2 aromatic rings. The summed E-state index contributed by atoms with van der Waals surface area (Å²) in [5.41, 5.74) is 0.337. The molecule has 0 saturated carbocycles. The summed E-state index contributed by atoms with van der Waals surface area (Å²) in [6.07, 6.45) is 2.55. The molecule has 0 spiro atoms. The molecule has 0 bridgehead atoms. The van der Waals surface area contributed by atoms with Gasteiger partial charge in [0.1, 0.15) is 24.4 Å². The van der Waals surface area contributed by atoms with Crippen LogP contribution in [0.2, 0.25) is 0 Å². The number of anilines is 1. The molecule has 0 unspecified atom stereocenters. The first-order valence-corrected chi connectivity index (χ1v) is 6.55. The Kier molecular flexibility index (Phi) is 3.52. The van der Waals surface area contributed by atoms with Crippen LogP contribution in [0.1, 0.15) is 0 Å². The topological polar surface area (TPSA) is 59.1 Å². The van der Waals surface area contributed by atoms with E-state index in [9.17, 15) is 17.2 Å². The lowest BCUT2D eigenvalue weighted by atomic mass is 9.99. The smallest absolute Gasteiger partial charge is 0.264 e. The largest absolute Gasteiger partial charge is 0.278 e. The number of sulfonamides is 1. The number of nitrogens with zero attached hydrogens (tertiary/aromatic N) is 1. The number of benzene rings is 1. The fourth-order valence-electron chi connectivity index (χ4n) is 1.42. The van der Waals surface area contributed by atoms with Crippen LogP contribution in [0.15, 0.2) is 41.6 Å². The first-order chi connectivity index (χ1) is 8.88. The molecule has 1 aromatic carbocycles. The molecule has 1 heterocycles. The Labute approximate surface area is 110 Å². The molecule has 0 aliphatic heterocycles. The standard InChI is InChI=1S/C11H7BF2N2O2S/c12-7-3-9(6-15-5-7)16-19(17,18)11-2-1-8(13)4-10(11)14/h1-6,16H. The molecule has 96 valence electrons. The fourth-order valence-corrected chi connectivity index (χ4v) is 2.51. The number of hydrogen-bond acceptors (Lipinski definition) is 3. The van der Waals surface area contributed by atoms with E-state index in [-0.39, 0.29) is 11.2 Å². The molecule has 0 aliphatic rings. The van der Waals surface area contributed by atoms with Crippen LogP contribution < -0.4 is 10.2 Å². The average molecular weight is 280 g/mol. The molecular weight excluding hydrogens is 273 g/mol. The van der Waals surface area contributed by atoms with Crippen LogP contribution in [-0.4, -0.2) is 21.2 Å². The summed E-state index contributed by atoms with van der Waals surface area (Å²) < 4.78 is 52.1. The number of halogens is 2. The van der Waals surface area contributed by atoms with Gasteiger partial charge in [0.25, 0.3) is 10.0 Å². The molecule has 0 amide bonds. The lowest BCUT2D eigenvalue weighted by Gasteiger charge is -2.09. The first kappa shape index (κ1) is 13.5. The molecule has 4 nitrogen and oxygen atoms in total. The van der Waals surface area contributed by atoms with Crippen molar-refractivity contribution in [3.8, 4) is 0 Å². The monoisotopic (exact) mass is 280 g/mol. The fraction of sp³-hybridized carbons (Fsp3) is 0. The van der Waals surface area contributed by atoms with Gasteiger partial charge in [-0.3, -0.25) is 9.71 Å². The van der Waals surface area contributed by atoms with Gasteiger partial charge in [-0.25, -0.2) is 17.2 Å². The number of nitrogens with one attached hydrogen (secondary N) is 1. The van der Waals surface area contributed by atoms with Crippen LogP contribution in [-0.2, 0) is 10.0 Å². The van der Waals surface area contributed by atoms with E-state index < -0.39 is 26.6 Å². The van der Waals surface area contributed by atoms with E-state index >= 15 is 0 Å². The van der Waals surface area contributed by atoms with Crippen molar-refractivity contribution in [2.45, 2.75) is 4.90 Å². The number of hydrogen-bond donors (Lipinski definition) is 1. The molecule has 2 rings (SSSR count). The Bertz CT molecular complexity index is 722. The van der Waals surface area contributed by atoms with E-state index in [2.05, 4.69) is 9.71 Å². The average Bonchev–Trinajstić information content (AvgIpc) is 2.27. The van der Waals surface area contributed by atoms with Crippen LogP contribution in [0.4, 0.5) is 14.5 Å². The lowest BCUT2D eigenvalue weighted by molar-refractivity contribution is 0.551. The minimum Gasteiger partial charge on any atom is -0.278 e. The molecule has 0 aliphatic carbocycles. The second-order valence-corrected chi connectivity index (χ2v) is 5.34. The zero-order valence-corrected chi connectivity index (χ0v) is 10.3. The van der Waals surface area contributed by atoms with Crippen molar-refractivity contribution in [2.75, 3.05) is 4.72 Å². The molecular formula is C11H7BF2N2O2S. The maximum absolute atomic E-state index is 13.4.